The lowest BCUT2D eigenvalue weighted by atomic mass is 10.1. The third kappa shape index (κ3) is 3.62. The average Bonchev–Trinajstić information content (AvgIpc) is 2.44. The second-order valence-electron chi connectivity index (χ2n) is 4.37. The molecule has 0 saturated heterocycles. The van der Waals surface area contributed by atoms with Crippen molar-refractivity contribution in [3.05, 3.63) is 58.9 Å². The van der Waals surface area contributed by atoms with Gasteiger partial charge in [0.2, 0.25) is 0 Å². The third-order valence-electron chi connectivity index (χ3n) is 2.93. The lowest BCUT2D eigenvalue weighted by Crippen LogP contribution is -2.20. The van der Waals surface area contributed by atoms with E-state index in [1.54, 1.807) is 13.2 Å². The first-order valence-electron chi connectivity index (χ1n) is 6.19. The molecule has 0 aliphatic carbocycles. The number of rotatable bonds is 5. The normalized spacial score (nSPS) is 12.0. The Morgan fingerprint density at radius 3 is 2.75 bits per heavy atom. The van der Waals surface area contributed by atoms with Gasteiger partial charge in [-0.25, -0.2) is 4.39 Å². The summed E-state index contributed by atoms with van der Waals surface area (Å²) >= 11 is 5.87. The van der Waals surface area contributed by atoms with E-state index in [4.69, 9.17) is 22.1 Å². The number of nitrogens with one attached hydrogen (secondary N) is 1. The topological polar surface area (TPSA) is 47.3 Å². The van der Waals surface area contributed by atoms with Gasteiger partial charge in [-0.2, -0.15) is 0 Å². The fourth-order valence-electron chi connectivity index (χ4n) is 1.97. The quantitative estimate of drug-likeness (QED) is 0.886. The zero-order valence-electron chi connectivity index (χ0n) is 11.1. The van der Waals surface area contributed by atoms with E-state index in [1.165, 1.54) is 12.1 Å². The van der Waals surface area contributed by atoms with Crippen molar-refractivity contribution in [1.29, 1.82) is 0 Å². The monoisotopic (exact) mass is 294 g/mol. The van der Waals surface area contributed by atoms with Crippen LogP contribution < -0.4 is 15.8 Å². The summed E-state index contributed by atoms with van der Waals surface area (Å²) < 4.78 is 18.6. The van der Waals surface area contributed by atoms with Gasteiger partial charge in [0, 0.05) is 23.3 Å². The Bertz CT molecular complexity index is 572. The van der Waals surface area contributed by atoms with Crippen molar-refractivity contribution in [2.45, 2.75) is 6.04 Å². The van der Waals surface area contributed by atoms with Crippen LogP contribution in [0, 0.1) is 5.82 Å². The summed E-state index contributed by atoms with van der Waals surface area (Å²) in [4.78, 5) is 0. The van der Waals surface area contributed by atoms with Gasteiger partial charge in [-0.15, -0.1) is 0 Å². The summed E-state index contributed by atoms with van der Waals surface area (Å²) in [5, 5.41) is 3.60. The van der Waals surface area contributed by atoms with Gasteiger partial charge < -0.3 is 15.8 Å². The Morgan fingerprint density at radius 1 is 1.30 bits per heavy atom. The highest BCUT2D eigenvalue weighted by Crippen LogP contribution is 2.25. The SMILES string of the molecule is COc1cccc(NC(CN)c2cc(F)cc(Cl)c2)c1. The molecule has 0 amide bonds. The van der Waals surface area contributed by atoms with Crippen molar-refractivity contribution in [2.24, 2.45) is 5.73 Å². The van der Waals surface area contributed by atoms with E-state index in [1.807, 2.05) is 24.3 Å². The number of hydrogen-bond donors (Lipinski definition) is 2. The summed E-state index contributed by atoms with van der Waals surface area (Å²) in [6.45, 7) is 0.316. The summed E-state index contributed by atoms with van der Waals surface area (Å²) in [7, 11) is 1.60. The molecule has 1 atom stereocenters. The molecule has 5 heteroatoms. The van der Waals surface area contributed by atoms with E-state index in [-0.39, 0.29) is 11.9 Å². The van der Waals surface area contributed by atoms with Gasteiger partial charge in [-0.1, -0.05) is 17.7 Å². The van der Waals surface area contributed by atoms with E-state index in [0.717, 1.165) is 11.4 Å². The maximum atomic E-state index is 13.4. The molecule has 2 aromatic rings. The molecule has 0 aliphatic rings. The molecule has 3 N–H and O–H groups in total. The number of hydrogen-bond acceptors (Lipinski definition) is 3. The maximum Gasteiger partial charge on any atom is 0.125 e. The molecule has 0 spiro atoms. The predicted molar refractivity (Wildman–Crippen MR) is 79.8 cm³/mol. The molecule has 106 valence electrons. The molecule has 2 aromatic carbocycles. The molecule has 3 nitrogen and oxygen atoms in total. The van der Waals surface area contributed by atoms with Crippen molar-refractivity contribution in [3.8, 4) is 5.75 Å². The number of nitrogens with two attached hydrogens (primary N) is 1. The second kappa shape index (κ2) is 6.59. The van der Waals surface area contributed by atoms with Gasteiger partial charge in [-0.05, 0) is 35.9 Å². The van der Waals surface area contributed by atoms with Crippen LogP contribution in [0.25, 0.3) is 0 Å². The number of benzene rings is 2. The van der Waals surface area contributed by atoms with Crippen LogP contribution in [0.4, 0.5) is 10.1 Å². The van der Waals surface area contributed by atoms with Crippen LogP contribution in [-0.2, 0) is 0 Å². The van der Waals surface area contributed by atoms with Crippen LogP contribution in [0.3, 0.4) is 0 Å². The van der Waals surface area contributed by atoms with Crippen molar-refractivity contribution in [2.75, 3.05) is 19.0 Å². The van der Waals surface area contributed by atoms with Gasteiger partial charge in [0.1, 0.15) is 11.6 Å². The van der Waals surface area contributed by atoms with E-state index >= 15 is 0 Å². The summed E-state index contributed by atoms with van der Waals surface area (Å²) in [5.74, 6) is 0.362. The molecule has 1 unspecified atom stereocenters. The van der Waals surface area contributed by atoms with Gasteiger partial charge in [0.05, 0.1) is 13.2 Å². The number of methoxy groups -OCH3 is 1. The minimum absolute atomic E-state index is 0.227. The molecular weight excluding hydrogens is 279 g/mol. The molecular formula is C15H16ClFN2O. The largest absolute Gasteiger partial charge is 0.497 e. The van der Waals surface area contributed by atoms with Crippen molar-refractivity contribution < 1.29 is 9.13 Å². The lowest BCUT2D eigenvalue weighted by Gasteiger charge is -2.19. The fourth-order valence-corrected chi connectivity index (χ4v) is 2.20. The first-order chi connectivity index (χ1) is 9.62. The molecule has 2 rings (SSSR count). The second-order valence-corrected chi connectivity index (χ2v) is 4.80. The highest BCUT2D eigenvalue weighted by atomic mass is 35.5. The van der Waals surface area contributed by atoms with Crippen LogP contribution in [0.1, 0.15) is 11.6 Å². The van der Waals surface area contributed by atoms with Crippen molar-refractivity contribution in [3.63, 3.8) is 0 Å². The Balaban J connectivity index is 2.23. The first-order valence-corrected chi connectivity index (χ1v) is 6.57. The predicted octanol–water partition coefficient (Wildman–Crippen LogP) is 3.60. The number of halogens is 2. The van der Waals surface area contributed by atoms with E-state index in [9.17, 15) is 4.39 Å². The van der Waals surface area contributed by atoms with E-state index < -0.39 is 0 Å². The molecule has 20 heavy (non-hydrogen) atoms. The Hall–Kier alpha value is -1.78. The smallest absolute Gasteiger partial charge is 0.125 e. The van der Waals surface area contributed by atoms with Gasteiger partial charge in [-0.3, -0.25) is 0 Å². The molecule has 0 aromatic heterocycles. The minimum atomic E-state index is -0.376. The minimum Gasteiger partial charge on any atom is -0.497 e. The van der Waals surface area contributed by atoms with Crippen LogP contribution in [0.5, 0.6) is 5.75 Å². The standard InChI is InChI=1S/C15H16ClFN2O/c1-20-14-4-2-3-13(8-14)19-15(9-18)10-5-11(16)7-12(17)6-10/h2-8,15,19H,9,18H2,1H3. The molecule has 0 aliphatic heterocycles. The molecule has 0 radical (unpaired) electrons. The molecule has 0 fully saturated rings. The van der Waals surface area contributed by atoms with Crippen LogP contribution in [0.2, 0.25) is 5.02 Å². The van der Waals surface area contributed by atoms with Gasteiger partial charge >= 0.3 is 0 Å². The van der Waals surface area contributed by atoms with Crippen LogP contribution >= 0.6 is 11.6 Å². The fraction of sp³-hybridized carbons (Fsp3) is 0.200. The maximum absolute atomic E-state index is 13.4. The number of anilines is 1. The molecule has 0 bridgehead atoms. The highest BCUT2D eigenvalue weighted by molar-refractivity contribution is 6.30. The summed E-state index contributed by atoms with van der Waals surface area (Å²) in [5.41, 5.74) is 7.32. The van der Waals surface area contributed by atoms with E-state index in [0.29, 0.717) is 17.1 Å². The highest BCUT2D eigenvalue weighted by Gasteiger charge is 2.12. The van der Waals surface area contributed by atoms with E-state index in [2.05, 4.69) is 5.32 Å². The Kier molecular flexibility index (Phi) is 4.82. The number of ether oxygens (including phenoxy) is 1. The van der Waals surface area contributed by atoms with Crippen molar-refractivity contribution in [1.82, 2.24) is 0 Å². The third-order valence-corrected chi connectivity index (χ3v) is 3.15. The Morgan fingerprint density at radius 2 is 2.10 bits per heavy atom. The van der Waals surface area contributed by atoms with Crippen LogP contribution in [0.15, 0.2) is 42.5 Å². The zero-order chi connectivity index (χ0) is 14.5. The molecule has 0 heterocycles. The average molecular weight is 295 g/mol. The van der Waals surface area contributed by atoms with Gasteiger partial charge in [0.25, 0.3) is 0 Å². The summed E-state index contributed by atoms with van der Waals surface area (Å²) in [6.07, 6.45) is 0. The van der Waals surface area contributed by atoms with Crippen molar-refractivity contribution >= 4 is 17.3 Å². The Labute approximate surface area is 122 Å². The first kappa shape index (κ1) is 14.6. The lowest BCUT2D eigenvalue weighted by molar-refractivity contribution is 0.415. The van der Waals surface area contributed by atoms with Crippen LogP contribution in [-0.4, -0.2) is 13.7 Å². The zero-order valence-corrected chi connectivity index (χ0v) is 11.8. The van der Waals surface area contributed by atoms with Gasteiger partial charge in [0.15, 0.2) is 0 Å². The summed E-state index contributed by atoms with van der Waals surface area (Å²) in [6, 6.07) is 11.6. The molecule has 0 saturated carbocycles.